The monoisotopic (exact) mass is 237 g/mol. The third kappa shape index (κ3) is 4.42. The van der Waals surface area contributed by atoms with Crippen LogP contribution < -0.4 is 4.74 Å². The van der Waals surface area contributed by atoms with E-state index in [4.69, 9.17) is 4.74 Å². The van der Waals surface area contributed by atoms with Gasteiger partial charge < -0.3 is 9.53 Å². The molecule has 0 fully saturated rings. The van der Waals surface area contributed by atoms with Crippen LogP contribution in [0.5, 0.6) is 5.75 Å². The highest BCUT2D eigenvalue weighted by Crippen LogP contribution is 2.17. The number of unbranched alkanes of at least 4 members (excludes halogenated alkanes) is 1. The molecule has 0 saturated heterocycles. The van der Waals surface area contributed by atoms with Crippen LogP contribution in [0.3, 0.4) is 0 Å². The van der Waals surface area contributed by atoms with Crippen LogP contribution >= 0.6 is 0 Å². The molecule has 0 radical (unpaired) electrons. The van der Waals surface area contributed by atoms with Crippen LogP contribution in [0.1, 0.15) is 19.3 Å². The number of ether oxygens (including phenoxy) is 1. The predicted molar refractivity (Wildman–Crippen MR) is 58.6 cm³/mol. The number of esters is 1. The number of aldehydes is 1. The second-order valence-corrected chi connectivity index (χ2v) is 3.28. The summed E-state index contributed by atoms with van der Waals surface area (Å²) >= 11 is 0. The van der Waals surface area contributed by atoms with Gasteiger partial charge in [0.2, 0.25) is 0 Å². The molecule has 1 aromatic rings. The van der Waals surface area contributed by atoms with Crippen LogP contribution in [-0.4, -0.2) is 17.2 Å². The number of nitro groups is 1. The lowest BCUT2D eigenvalue weighted by Gasteiger charge is -2.02. The Morgan fingerprint density at radius 3 is 2.53 bits per heavy atom. The van der Waals surface area contributed by atoms with Crippen molar-refractivity contribution in [3.63, 3.8) is 0 Å². The van der Waals surface area contributed by atoms with Crippen LogP contribution in [0, 0.1) is 10.1 Å². The first-order valence-corrected chi connectivity index (χ1v) is 5.02. The van der Waals surface area contributed by atoms with E-state index < -0.39 is 10.9 Å². The van der Waals surface area contributed by atoms with E-state index in [1.165, 1.54) is 24.3 Å². The van der Waals surface area contributed by atoms with E-state index in [2.05, 4.69) is 0 Å². The maximum Gasteiger partial charge on any atom is 0.311 e. The summed E-state index contributed by atoms with van der Waals surface area (Å²) in [6, 6.07) is 5.23. The van der Waals surface area contributed by atoms with E-state index in [1.54, 1.807) is 0 Å². The summed E-state index contributed by atoms with van der Waals surface area (Å²) in [5, 5.41) is 10.4. The van der Waals surface area contributed by atoms with Gasteiger partial charge in [-0.3, -0.25) is 14.9 Å². The van der Waals surface area contributed by atoms with E-state index in [1.807, 2.05) is 0 Å². The quantitative estimate of drug-likeness (QED) is 0.188. The minimum absolute atomic E-state index is 0.0641. The first-order chi connectivity index (χ1) is 8.13. The van der Waals surface area contributed by atoms with Gasteiger partial charge in [-0.15, -0.1) is 0 Å². The SMILES string of the molecule is O=CCCCC(=O)Oc1ccc([N+](=O)[O-])cc1. The number of hydrogen-bond donors (Lipinski definition) is 0. The van der Waals surface area contributed by atoms with Gasteiger partial charge in [0, 0.05) is 25.0 Å². The van der Waals surface area contributed by atoms with Crippen molar-refractivity contribution in [1.82, 2.24) is 0 Å². The standard InChI is InChI=1S/C11H11NO5/c13-8-2-1-3-11(14)17-10-6-4-9(5-7-10)12(15)16/h4-8H,1-3H2. The summed E-state index contributed by atoms with van der Waals surface area (Å²) < 4.78 is 4.92. The Kier molecular flexibility index (Phi) is 4.80. The molecule has 0 heterocycles. The van der Waals surface area contributed by atoms with Crippen molar-refractivity contribution in [1.29, 1.82) is 0 Å². The predicted octanol–water partition coefficient (Wildman–Crippen LogP) is 1.87. The van der Waals surface area contributed by atoms with Crippen LogP contribution in [0.15, 0.2) is 24.3 Å². The fourth-order valence-electron chi connectivity index (χ4n) is 1.15. The number of carbonyl (C=O) groups excluding carboxylic acids is 2. The van der Waals surface area contributed by atoms with E-state index in [0.29, 0.717) is 12.8 Å². The van der Waals surface area contributed by atoms with Gasteiger partial charge in [-0.05, 0) is 18.6 Å². The Balaban J connectivity index is 2.48. The number of non-ortho nitro benzene ring substituents is 1. The zero-order valence-electron chi connectivity index (χ0n) is 9.00. The lowest BCUT2D eigenvalue weighted by Crippen LogP contribution is -2.07. The van der Waals surface area contributed by atoms with Gasteiger partial charge in [0.05, 0.1) is 4.92 Å². The molecule has 6 heteroatoms. The lowest BCUT2D eigenvalue weighted by atomic mass is 10.2. The molecule has 0 aliphatic carbocycles. The van der Waals surface area contributed by atoms with Crippen molar-refractivity contribution < 1.29 is 19.2 Å². The molecule has 0 N–H and O–H groups in total. The Bertz CT molecular complexity index is 412. The highest BCUT2D eigenvalue weighted by molar-refractivity contribution is 5.72. The summed E-state index contributed by atoms with van der Waals surface area (Å²) in [5.74, 6) is -0.201. The van der Waals surface area contributed by atoms with Gasteiger partial charge in [-0.1, -0.05) is 0 Å². The average molecular weight is 237 g/mol. The maximum atomic E-state index is 11.2. The molecule has 0 unspecified atom stereocenters. The number of benzene rings is 1. The molecule has 1 rings (SSSR count). The zero-order chi connectivity index (χ0) is 12.7. The minimum atomic E-state index is -0.532. The molecule has 0 aromatic heterocycles. The number of nitrogens with zero attached hydrogens (tertiary/aromatic N) is 1. The summed E-state index contributed by atoms with van der Waals surface area (Å²) in [7, 11) is 0. The molecule has 6 nitrogen and oxygen atoms in total. The molecule has 0 spiro atoms. The average Bonchev–Trinajstić information content (AvgIpc) is 2.30. The molecular formula is C11H11NO5. The van der Waals surface area contributed by atoms with Crippen LogP contribution in [0.2, 0.25) is 0 Å². The van der Waals surface area contributed by atoms with Crippen molar-refractivity contribution in [3.05, 3.63) is 34.4 Å². The van der Waals surface area contributed by atoms with Gasteiger partial charge >= 0.3 is 5.97 Å². The van der Waals surface area contributed by atoms with Gasteiger partial charge in [-0.2, -0.15) is 0 Å². The third-order valence-electron chi connectivity index (χ3n) is 1.98. The number of hydrogen-bond acceptors (Lipinski definition) is 5. The molecule has 0 amide bonds. The molecule has 1 aromatic carbocycles. The summed E-state index contributed by atoms with van der Waals surface area (Å²) in [6.07, 6.45) is 1.64. The Morgan fingerprint density at radius 2 is 2.00 bits per heavy atom. The van der Waals surface area contributed by atoms with E-state index in [0.717, 1.165) is 6.29 Å². The van der Waals surface area contributed by atoms with Crippen molar-refractivity contribution in [2.75, 3.05) is 0 Å². The number of rotatable bonds is 6. The summed E-state index contributed by atoms with van der Waals surface area (Å²) in [5.41, 5.74) is -0.0641. The lowest BCUT2D eigenvalue weighted by molar-refractivity contribution is -0.384. The molecule has 0 aliphatic heterocycles. The maximum absolute atomic E-state index is 11.2. The van der Waals surface area contributed by atoms with Crippen molar-refractivity contribution >= 4 is 17.9 Å². The second-order valence-electron chi connectivity index (χ2n) is 3.28. The zero-order valence-corrected chi connectivity index (χ0v) is 9.00. The highest BCUT2D eigenvalue weighted by atomic mass is 16.6. The Hall–Kier alpha value is -2.24. The minimum Gasteiger partial charge on any atom is -0.427 e. The normalized spacial score (nSPS) is 9.65. The first-order valence-electron chi connectivity index (χ1n) is 5.02. The highest BCUT2D eigenvalue weighted by Gasteiger charge is 2.07. The van der Waals surface area contributed by atoms with Crippen LogP contribution in [0.25, 0.3) is 0 Å². The molecule has 0 saturated carbocycles. The molecule has 0 aliphatic rings. The smallest absolute Gasteiger partial charge is 0.311 e. The summed E-state index contributed by atoms with van der Waals surface area (Å²) in [6.45, 7) is 0. The molecule has 90 valence electrons. The van der Waals surface area contributed by atoms with E-state index in [-0.39, 0.29) is 17.9 Å². The Labute approximate surface area is 97.3 Å². The van der Waals surface area contributed by atoms with E-state index in [9.17, 15) is 19.7 Å². The first kappa shape index (κ1) is 12.8. The van der Waals surface area contributed by atoms with Crippen LogP contribution in [0.4, 0.5) is 5.69 Å². The van der Waals surface area contributed by atoms with Crippen molar-refractivity contribution in [2.45, 2.75) is 19.3 Å². The Morgan fingerprint density at radius 1 is 1.35 bits per heavy atom. The summed E-state index contributed by atoms with van der Waals surface area (Å²) in [4.78, 5) is 31.1. The van der Waals surface area contributed by atoms with Gasteiger partial charge in [0.1, 0.15) is 12.0 Å². The molecule has 0 atom stereocenters. The second kappa shape index (κ2) is 6.37. The fraction of sp³-hybridized carbons (Fsp3) is 0.273. The van der Waals surface area contributed by atoms with Crippen molar-refractivity contribution in [2.24, 2.45) is 0 Å². The van der Waals surface area contributed by atoms with E-state index >= 15 is 0 Å². The molecule has 0 bridgehead atoms. The third-order valence-corrected chi connectivity index (χ3v) is 1.98. The number of carbonyl (C=O) groups is 2. The van der Waals surface area contributed by atoms with Crippen LogP contribution in [-0.2, 0) is 9.59 Å². The fourth-order valence-corrected chi connectivity index (χ4v) is 1.15. The topological polar surface area (TPSA) is 86.5 Å². The number of nitro benzene ring substituents is 1. The molecule has 17 heavy (non-hydrogen) atoms. The van der Waals surface area contributed by atoms with Gasteiger partial charge in [0.15, 0.2) is 0 Å². The largest absolute Gasteiger partial charge is 0.427 e. The van der Waals surface area contributed by atoms with Gasteiger partial charge in [0.25, 0.3) is 5.69 Å². The van der Waals surface area contributed by atoms with Crippen molar-refractivity contribution in [3.8, 4) is 5.75 Å². The molecular weight excluding hydrogens is 226 g/mol. The van der Waals surface area contributed by atoms with Gasteiger partial charge in [-0.25, -0.2) is 0 Å².